The first-order valence-electron chi connectivity index (χ1n) is 20.7. The van der Waals surface area contributed by atoms with Crippen LogP contribution in [-0.4, -0.2) is 6.04 Å². The molecular weight excluding hydrogens is 705 g/mol. The van der Waals surface area contributed by atoms with Crippen LogP contribution in [-0.2, 0) is 11.8 Å². The highest BCUT2D eigenvalue weighted by molar-refractivity contribution is 6.03. The number of rotatable bonds is 7. The molecule has 0 fully saturated rings. The average Bonchev–Trinajstić information content (AvgIpc) is 3.35. The highest BCUT2D eigenvalue weighted by Crippen LogP contribution is 2.50. The molecule has 0 spiro atoms. The molecule has 0 saturated carbocycles. The molecule has 0 radical (unpaired) electrons. The summed E-state index contributed by atoms with van der Waals surface area (Å²) >= 11 is 0. The predicted molar refractivity (Wildman–Crippen MR) is 245 cm³/mol. The zero-order valence-corrected chi connectivity index (χ0v) is 33.6. The second kappa shape index (κ2) is 14.4. The van der Waals surface area contributed by atoms with Gasteiger partial charge < -0.3 is 14.5 Å². The van der Waals surface area contributed by atoms with Gasteiger partial charge >= 0.3 is 0 Å². The standard InChI is InChI=1S/C55H48N2O/c1-5-46-43(33-26-37(2)56-51-22-12-14-24-53(51)58-54-25-15-13-23-52(54)56)44-34-28-38(36-47(44)55(46,3)4)27-29-39-32-35-50(45-19-9-8-18-42(39)45)57-48-20-10-6-16-40(48)30-31-41-17-7-11-21-49(41)57/h5-10,12-20,22-29,32-37H,1,11,21,30-31H2,2-4H3/b29-27+,33-26-. The predicted octanol–water partition coefficient (Wildman–Crippen LogP) is 14.8. The molecular formula is C55H48N2O. The Morgan fingerprint density at radius 3 is 2.17 bits per heavy atom. The third kappa shape index (κ3) is 5.96. The van der Waals surface area contributed by atoms with Gasteiger partial charge in [-0.05, 0) is 119 Å². The number of anilines is 4. The van der Waals surface area contributed by atoms with Gasteiger partial charge in [0.25, 0.3) is 0 Å². The molecule has 6 aromatic rings. The first-order valence-corrected chi connectivity index (χ1v) is 20.7. The van der Waals surface area contributed by atoms with E-state index < -0.39 is 0 Å². The van der Waals surface area contributed by atoms with E-state index in [0.29, 0.717) is 0 Å². The first kappa shape index (κ1) is 35.8. The second-order valence-electron chi connectivity index (χ2n) is 16.4. The lowest BCUT2D eigenvalue weighted by Crippen LogP contribution is -2.29. The van der Waals surface area contributed by atoms with Crippen LogP contribution in [0.4, 0.5) is 22.7 Å². The fraction of sp³-hybridized carbons (Fsp3) is 0.164. The van der Waals surface area contributed by atoms with Crippen molar-refractivity contribution < 1.29 is 4.74 Å². The second-order valence-corrected chi connectivity index (χ2v) is 16.4. The molecule has 0 aromatic heterocycles. The minimum absolute atomic E-state index is 0.0766. The number of ether oxygens (including phenoxy) is 1. The highest BCUT2D eigenvalue weighted by atomic mass is 16.5. The van der Waals surface area contributed by atoms with Gasteiger partial charge in [-0.25, -0.2) is 0 Å². The summed E-state index contributed by atoms with van der Waals surface area (Å²) in [5.74, 6) is 1.75. The Balaban J connectivity index is 0.976. The number of benzene rings is 6. The van der Waals surface area contributed by atoms with Crippen molar-refractivity contribution >= 4 is 51.2 Å². The fourth-order valence-electron chi connectivity index (χ4n) is 9.73. The summed E-state index contributed by atoms with van der Waals surface area (Å²) in [7, 11) is 0. The van der Waals surface area contributed by atoms with E-state index in [9.17, 15) is 0 Å². The van der Waals surface area contributed by atoms with Crippen molar-refractivity contribution in [2.24, 2.45) is 0 Å². The van der Waals surface area contributed by atoms with Gasteiger partial charge in [0.1, 0.15) is 0 Å². The van der Waals surface area contributed by atoms with Crippen LogP contribution in [0.2, 0.25) is 0 Å². The maximum Gasteiger partial charge on any atom is 0.151 e. The minimum Gasteiger partial charge on any atom is -0.453 e. The Kier molecular flexibility index (Phi) is 8.90. The third-order valence-corrected chi connectivity index (χ3v) is 12.6. The van der Waals surface area contributed by atoms with Crippen LogP contribution >= 0.6 is 0 Å². The smallest absolute Gasteiger partial charge is 0.151 e. The van der Waals surface area contributed by atoms with E-state index >= 15 is 0 Å². The summed E-state index contributed by atoms with van der Waals surface area (Å²) in [5.41, 5.74) is 16.3. The molecule has 284 valence electrons. The molecule has 3 nitrogen and oxygen atoms in total. The zero-order chi connectivity index (χ0) is 39.4. The van der Waals surface area contributed by atoms with Crippen LogP contribution in [0.15, 0.2) is 181 Å². The van der Waals surface area contributed by atoms with Crippen LogP contribution in [0.25, 0.3) is 28.5 Å². The SMILES string of the molecule is C=CC1=C(/C=C\C(C)N2c3ccccc3Oc3ccccc32)c2ccc(/C=C/c3ccc(N4C5=C(C=CCC5)CCc5ccccc54)c4ccccc34)cc2C1(C)C. The van der Waals surface area contributed by atoms with E-state index in [2.05, 4.69) is 183 Å². The van der Waals surface area contributed by atoms with Gasteiger partial charge in [-0.3, -0.25) is 0 Å². The number of allylic oxidation sites excluding steroid dienone is 8. The number of hydrogen-bond acceptors (Lipinski definition) is 3. The van der Waals surface area contributed by atoms with E-state index in [1.807, 2.05) is 24.3 Å². The molecule has 0 N–H and O–H groups in total. The first-order chi connectivity index (χ1) is 28.4. The van der Waals surface area contributed by atoms with Crippen LogP contribution in [0.1, 0.15) is 67.9 Å². The van der Waals surface area contributed by atoms with Crippen LogP contribution in [0, 0.1) is 0 Å². The van der Waals surface area contributed by atoms with Crippen molar-refractivity contribution in [3.8, 4) is 11.5 Å². The minimum atomic E-state index is -0.193. The van der Waals surface area contributed by atoms with Gasteiger partial charge in [-0.15, -0.1) is 0 Å². The summed E-state index contributed by atoms with van der Waals surface area (Å²) in [6.07, 6.45) is 20.2. The van der Waals surface area contributed by atoms with Crippen molar-refractivity contribution in [3.05, 3.63) is 209 Å². The van der Waals surface area contributed by atoms with Crippen molar-refractivity contribution in [1.82, 2.24) is 0 Å². The van der Waals surface area contributed by atoms with E-state index in [1.165, 1.54) is 72.4 Å². The number of nitrogens with zero attached hydrogens (tertiary/aromatic N) is 2. The van der Waals surface area contributed by atoms with E-state index in [0.717, 1.165) is 48.6 Å². The fourth-order valence-corrected chi connectivity index (χ4v) is 9.73. The Hall–Kier alpha value is -6.58. The van der Waals surface area contributed by atoms with Gasteiger partial charge in [0.2, 0.25) is 0 Å². The maximum atomic E-state index is 6.29. The van der Waals surface area contributed by atoms with Gasteiger partial charge in [0.15, 0.2) is 11.5 Å². The molecule has 10 rings (SSSR count). The molecule has 2 aliphatic heterocycles. The molecule has 58 heavy (non-hydrogen) atoms. The molecule has 0 bridgehead atoms. The Morgan fingerprint density at radius 1 is 0.690 bits per heavy atom. The number of aryl methyl sites for hydroxylation is 1. The normalized spacial score (nSPS) is 17.2. The molecule has 0 saturated heterocycles. The summed E-state index contributed by atoms with van der Waals surface area (Å²) < 4.78 is 6.29. The Labute approximate surface area is 342 Å². The molecule has 4 aliphatic rings. The molecule has 1 unspecified atom stereocenters. The third-order valence-electron chi connectivity index (χ3n) is 12.6. The zero-order valence-electron chi connectivity index (χ0n) is 33.6. The van der Waals surface area contributed by atoms with Gasteiger partial charge in [0.05, 0.1) is 17.1 Å². The lowest BCUT2D eigenvalue weighted by Gasteiger charge is -2.36. The van der Waals surface area contributed by atoms with Crippen LogP contribution in [0.5, 0.6) is 11.5 Å². The van der Waals surface area contributed by atoms with E-state index in [-0.39, 0.29) is 11.5 Å². The molecule has 3 heteroatoms. The van der Waals surface area contributed by atoms with E-state index in [4.69, 9.17) is 4.74 Å². The summed E-state index contributed by atoms with van der Waals surface area (Å²) in [6.45, 7) is 11.2. The van der Waals surface area contributed by atoms with Crippen molar-refractivity contribution in [1.29, 1.82) is 0 Å². The summed E-state index contributed by atoms with van der Waals surface area (Å²) in [4.78, 5) is 4.94. The van der Waals surface area contributed by atoms with Gasteiger partial charge in [0, 0.05) is 28.2 Å². The Morgan fingerprint density at radius 2 is 1.40 bits per heavy atom. The topological polar surface area (TPSA) is 15.7 Å². The summed E-state index contributed by atoms with van der Waals surface area (Å²) in [6, 6.07) is 46.1. The Bertz CT molecular complexity index is 2750. The van der Waals surface area contributed by atoms with Crippen molar-refractivity contribution in [2.75, 3.05) is 9.80 Å². The highest BCUT2D eigenvalue weighted by Gasteiger charge is 2.36. The number of para-hydroxylation sites is 5. The van der Waals surface area contributed by atoms with E-state index in [1.54, 1.807) is 0 Å². The van der Waals surface area contributed by atoms with Gasteiger partial charge in [-0.1, -0.05) is 154 Å². The molecule has 0 amide bonds. The van der Waals surface area contributed by atoms with Gasteiger partial charge in [-0.2, -0.15) is 0 Å². The quantitative estimate of drug-likeness (QED) is 0.151. The monoisotopic (exact) mass is 752 g/mol. The maximum absolute atomic E-state index is 6.29. The van der Waals surface area contributed by atoms with Crippen LogP contribution in [0.3, 0.4) is 0 Å². The molecule has 2 aliphatic carbocycles. The number of fused-ring (bicyclic) bond motifs is 5. The molecule has 2 heterocycles. The average molecular weight is 753 g/mol. The van der Waals surface area contributed by atoms with Crippen molar-refractivity contribution in [2.45, 2.75) is 57.9 Å². The molecule has 6 aromatic carbocycles. The van der Waals surface area contributed by atoms with Crippen molar-refractivity contribution in [3.63, 3.8) is 0 Å². The summed E-state index contributed by atoms with van der Waals surface area (Å²) in [5, 5.41) is 2.53. The lowest BCUT2D eigenvalue weighted by molar-refractivity contribution is 0.471. The largest absolute Gasteiger partial charge is 0.453 e. The number of hydrogen-bond donors (Lipinski definition) is 0. The lowest BCUT2D eigenvalue weighted by atomic mass is 9.80. The molecule has 1 atom stereocenters. The van der Waals surface area contributed by atoms with Crippen LogP contribution < -0.4 is 14.5 Å².